The van der Waals surface area contributed by atoms with Gasteiger partial charge in [-0.25, -0.2) is 0 Å². The van der Waals surface area contributed by atoms with Crippen molar-refractivity contribution in [2.45, 2.75) is 6.42 Å². The minimum absolute atomic E-state index is 0.641. The average Bonchev–Trinajstić information content (AvgIpc) is 1.69. The molecule has 38 valence electrons. The van der Waals surface area contributed by atoms with Crippen LogP contribution in [-0.4, -0.2) is 6.21 Å². The summed E-state index contributed by atoms with van der Waals surface area (Å²) in [7, 11) is 0. The molecule has 7 heavy (non-hydrogen) atoms. The van der Waals surface area contributed by atoms with E-state index in [1.807, 2.05) is 6.08 Å². The van der Waals surface area contributed by atoms with E-state index in [1.165, 1.54) is 0 Å². The zero-order chi connectivity index (χ0) is 5.11. The second-order valence-corrected chi connectivity index (χ2v) is 1.32. The summed E-state index contributed by atoms with van der Waals surface area (Å²) in [6.07, 6.45) is 4.47. The van der Waals surface area contributed by atoms with Crippen LogP contribution >= 0.6 is 0 Å². The molecule has 0 saturated heterocycles. The maximum absolute atomic E-state index is 5.27. The third kappa shape index (κ3) is 0.924. The largest absolute Gasteiger partial charge is 0.384 e. The van der Waals surface area contributed by atoms with Gasteiger partial charge in [0.25, 0.3) is 0 Å². The first kappa shape index (κ1) is 4.18. The van der Waals surface area contributed by atoms with E-state index in [4.69, 9.17) is 5.73 Å². The number of nitrogens with zero attached hydrogens (tertiary/aromatic N) is 1. The Morgan fingerprint density at radius 1 is 1.86 bits per heavy atom. The molecule has 3 N–H and O–H groups in total. The molecule has 0 radical (unpaired) electrons. The fourth-order valence-electron chi connectivity index (χ4n) is 0.398. The Morgan fingerprint density at radius 2 is 2.71 bits per heavy atom. The molecule has 0 spiro atoms. The Hall–Kier alpha value is -0.990. The van der Waals surface area contributed by atoms with Gasteiger partial charge in [0.2, 0.25) is 0 Å². The van der Waals surface area contributed by atoms with E-state index in [0.717, 1.165) is 6.42 Å². The van der Waals surface area contributed by atoms with Gasteiger partial charge in [0.05, 0.1) is 0 Å². The maximum Gasteiger partial charge on any atom is 0.113 e. The highest BCUT2D eigenvalue weighted by atomic mass is 15.3. The SMILES string of the molecule is NC1=CCC=NN1. The molecule has 0 saturated carbocycles. The van der Waals surface area contributed by atoms with Gasteiger partial charge in [0.15, 0.2) is 0 Å². The number of allylic oxidation sites excluding steroid dienone is 1. The van der Waals surface area contributed by atoms with Crippen molar-refractivity contribution in [1.29, 1.82) is 0 Å². The molecule has 0 atom stereocenters. The van der Waals surface area contributed by atoms with Crippen LogP contribution in [0.15, 0.2) is 17.0 Å². The van der Waals surface area contributed by atoms with Gasteiger partial charge in [-0.3, -0.25) is 5.43 Å². The molecule has 0 aromatic rings. The lowest BCUT2D eigenvalue weighted by Crippen LogP contribution is -2.16. The molecule has 0 amide bonds. The van der Waals surface area contributed by atoms with Gasteiger partial charge in [-0.15, -0.1) is 0 Å². The van der Waals surface area contributed by atoms with Crippen LogP contribution in [0.5, 0.6) is 0 Å². The standard InChI is InChI=1S/C4H7N3/c5-4-2-1-3-6-7-4/h2-3,7H,1,5H2. The van der Waals surface area contributed by atoms with Gasteiger partial charge in [-0.2, -0.15) is 5.10 Å². The molecule has 1 aliphatic heterocycles. The van der Waals surface area contributed by atoms with Crippen LogP contribution in [0.2, 0.25) is 0 Å². The van der Waals surface area contributed by atoms with Crippen LogP contribution in [0.25, 0.3) is 0 Å². The second kappa shape index (κ2) is 1.64. The summed E-state index contributed by atoms with van der Waals surface area (Å²) >= 11 is 0. The molecule has 3 nitrogen and oxygen atoms in total. The molecule has 1 aliphatic rings. The average molecular weight is 97.1 g/mol. The molecular weight excluding hydrogens is 90.1 g/mol. The van der Waals surface area contributed by atoms with Crippen LogP contribution in [0.4, 0.5) is 0 Å². The third-order valence-corrected chi connectivity index (χ3v) is 0.728. The fraction of sp³-hybridized carbons (Fsp3) is 0.250. The van der Waals surface area contributed by atoms with Crippen molar-refractivity contribution in [3.63, 3.8) is 0 Å². The predicted molar refractivity (Wildman–Crippen MR) is 28.5 cm³/mol. The Morgan fingerprint density at radius 3 is 3.00 bits per heavy atom. The summed E-state index contributed by atoms with van der Waals surface area (Å²) in [5, 5.41) is 3.69. The van der Waals surface area contributed by atoms with Crippen molar-refractivity contribution < 1.29 is 0 Å². The minimum atomic E-state index is 0.641. The Balaban J connectivity index is 2.50. The number of hydrogen-bond donors (Lipinski definition) is 2. The molecule has 1 rings (SSSR count). The smallest absolute Gasteiger partial charge is 0.113 e. The number of hydrogen-bond acceptors (Lipinski definition) is 3. The maximum atomic E-state index is 5.27. The minimum Gasteiger partial charge on any atom is -0.384 e. The molecule has 0 aromatic heterocycles. The summed E-state index contributed by atoms with van der Waals surface area (Å²) < 4.78 is 0. The highest BCUT2D eigenvalue weighted by Crippen LogP contribution is 1.86. The van der Waals surface area contributed by atoms with Gasteiger partial charge in [-0.05, 0) is 6.08 Å². The lowest BCUT2D eigenvalue weighted by atomic mass is 10.4. The molecule has 3 heteroatoms. The molecule has 1 heterocycles. The zero-order valence-electron chi connectivity index (χ0n) is 3.89. The Kier molecular flexibility index (Phi) is 0.978. The van der Waals surface area contributed by atoms with Gasteiger partial charge >= 0.3 is 0 Å². The first-order chi connectivity index (χ1) is 3.39. The van der Waals surface area contributed by atoms with E-state index in [0.29, 0.717) is 5.82 Å². The van der Waals surface area contributed by atoms with Crippen LogP contribution in [0, 0.1) is 0 Å². The van der Waals surface area contributed by atoms with Crippen molar-refractivity contribution in [3.05, 3.63) is 11.9 Å². The third-order valence-electron chi connectivity index (χ3n) is 0.728. The molecule has 0 aromatic carbocycles. The van der Waals surface area contributed by atoms with Crippen molar-refractivity contribution >= 4 is 6.21 Å². The molecular formula is C4H7N3. The van der Waals surface area contributed by atoms with Crippen molar-refractivity contribution in [3.8, 4) is 0 Å². The van der Waals surface area contributed by atoms with Gasteiger partial charge < -0.3 is 5.73 Å². The van der Waals surface area contributed by atoms with Crippen LogP contribution < -0.4 is 11.2 Å². The first-order valence-corrected chi connectivity index (χ1v) is 2.13. The molecule has 0 bridgehead atoms. The number of hydrazone groups is 1. The van der Waals surface area contributed by atoms with Crippen LogP contribution in [0.1, 0.15) is 6.42 Å². The van der Waals surface area contributed by atoms with E-state index in [9.17, 15) is 0 Å². The summed E-state index contributed by atoms with van der Waals surface area (Å²) in [5.41, 5.74) is 7.86. The second-order valence-electron chi connectivity index (χ2n) is 1.32. The van der Waals surface area contributed by atoms with Gasteiger partial charge in [0, 0.05) is 12.6 Å². The fourth-order valence-corrected chi connectivity index (χ4v) is 0.398. The first-order valence-electron chi connectivity index (χ1n) is 2.13. The zero-order valence-corrected chi connectivity index (χ0v) is 3.89. The van der Waals surface area contributed by atoms with E-state index in [1.54, 1.807) is 6.21 Å². The van der Waals surface area contributed by atoms with Gasteiger partial charge in [-0.1, -0.05) is 0 Å². The molecule has 0 fully saturated rings. The van der Waals surface area contributed by atoms with E-state index >= 15 is 0 Å². The van der Waals surface area contributed by atoms with E-state index in [2.05, 4.69) is 10.5 Å². The Bertz CT molecular complexity index is 114. The van der Waals surface area contributed by atoms with Crippen molar-refractivity contribution in [2.24, 2.45) is 10.8 Å². The lowest BCUT2D eigenvalue weighted by Gasteiger charge is -2.01. The van der Waals surface area contributed by atoms with Crippen LogP contribution in [-0.2, 0) is 0 Å². The quantitative estimate of drug-likeness (QED) is 0.438. The number of rotatable bonds is 0. The summed E-state index contributed by atoms with van der Waals surface area (Å²) in [6.45, 7) is 0. The topological polar surface area (TPSA) is 50.4 Å². The van der Waals surface area contributed by atoms with Crippen molar-refractivity contribution in [2.75, 3.05) is 0 Å². The molecule has 0 aliphatic carbocycles. The monoisotopic (exact) mass is 97.1 g/mol. The highest BCUT2D eigenvalue weighted by Gasteiger charge is 1.86. The van der Waals surface area contributed by atoms with E-state index in [-0.39, 0.29) is 0 Å². The van der Waals surface area contributed by atoms with E-state index < -0.39 is 0 Å². The molecule has 0 unspecified atom stereocenters. The Labute approximate surface area is 41.9 Å². The predicted octanol–water partition coefficient (Wildman–Crippen LogP) is -0.234. The number of nitrogens with one attached hydrogen (secondary N) is 1. The number of nitrogens with two attached hydrogens (primary N) is 1. The lowest BCUT2D eigenvalue weighted by molar-refractivity contribution is 0.850. The summed E-state index contributed by atoms with van der Waals surface area (Å²) in [5.74, 6) is 0.641. The summed E-state index contributed by atoms with van der Waals surface area (Å²) in [4.78, 5) is 0. The van der Waals surface area contributed by atoms with Gasteiger partial charge in [0.1, 0.15) is 5.82 Å². The van der Waals surface area contributed by atoms with Crippen molar-refractivity contribution in [1.82, 2.24) is 5.43 Å². The summed E-state index contributed by atoms with van der Waals surface area (Å²) in [6, 6.07) is 0. The normalized spacial score (nSPS) is 18.0. The van der Waals surface area contributed by atoms with Crippen LogP contribution in [0.3, 0.4) is 0 Å². The highest BCUT2D eigenvalue weighted by molar-refractivity contribution is 5.60.